The number of rotatable bonds is 9. The maximum absolute atomic E-state index is 14.4. The second-order valence-electron chi connectivity index (χ2n) is 10.5. The van der Waals surface area contributed by atoms with Gasteiger partial charge in [-0.3, -0.25) is 4.79 Å². The number of hydrogen-bond donors (Lipinski definition) is 0. The van der Waals surface area contributed by atoms with Gasteiger partial charge in [0.15, 0.2) is 5.82 Å². The Kier molecular flexibility index (Phi) is 6.93. The second kappa shape index (κ2) is 10.1. The average Bonchev–Trinajstić information content (AvgIpc) is 3.37. The molecule has 2 aromatic rings. The molecule has 9 heteroatoms. The molecule has 3 fully saturated rings. The molecule has 3 heterocycles. The summed E-state index contributed by atoms with van der Waals surface area (Å²) in [4.78, 5) is 20.4. The maximum Gasteiger partial charge on any atom is 0.324 e. The van der Waals surface area contributed by atoms with Crippen molar-refractivity contribution in [2.45, 2.75) is 58.3 Å². The highest BCUT2D eigenvalue weighted by molar-refractivity contribution is 5.79. The van der Waals surface area contributed by atoms with Crippen LogP contribution in [0.25, 0.3) is 0 Å². The number of carbonyl (C=O) groups is 1. The molecule has 1 aromatic carbocycles. The van der Waals surface area contributed by atoms with E-state index in [0.29, 0.717) is 43.5 Å². The van der Waals surface area contributed by atoms with Gasteiger partial charge in [0.05, 0.1) is 13.0 Å². The number of halogens is 2. The van der Waals surface area contributed by atoms with Gasteiger partial charge >= 0.3 is 6.01 Å². The number of benzene rings is 1. The lowest BCUT2D eigenvalue weighted by Gasteiger charge is -2.31. The van der Waals surface area contributed by atoms with E-state index >= 15 is 0 Å². The van der Waals surface area contributed by atoms with Gasteiger partial charge in [0, 0.05) is 49.8 Å². The summed E-state index contributed by atoms with van der Waals surface area (Å²) < 4.78 is 40.0. The van der Waals surface area contributed by atoms with Crippen molar-refractivity contribution in [3.05, 3.63) is 35.2 Å². The van der Waals surface area contributed by atoms with Crippen LogP contribution in [0.4, 0.5) is 14.8 Å². The minimum atomic E-state index is -0.716. The van der Waals surface area contributed by atoms with E-state index in [2.05, 4.69) is 28.9 Å². The minimum absolute atomic E-state index is 0.177. The van der Waals surface area contributed by atoms with Crippen LogP contribution in [-0.4, -0.2) is 53.7 Å². The molecule has 1 saturated carbocycles. The fraction of sp³-hybridized carbons (Fsp3) is 0.654. The topological polar surface area (TPSA) is 71.7 Å². The summed E-state index contributed by atoms with van der Waals surface area (Å²) >= 11 is 0. The Bertz CT molecular complexity index is 1020. The first-order chi connectivity index (χ1) is 16.9. The van der Waals surface area contributed by atoms with E-state index in [0.717, 1.165) is 44.6 Å². The fourth-order valence-electron chi connectivity index (χ4n) is 5.28. The molecule has 0 N–H and O–H groups in total. The van der Waals surface area contributed by atoms with Gasteiger partial charge in [-0.25, -0.2) is 8.78 Å². The van der Waals surface area contributed by atoms with Crippen molar-refractivity contribution >= 4 is 11.9 Å². The van der Waals surface area contributed by atoms with Gasteiger partial charge in [-0.15, -0.1) is 0 Å². The zero-order chi connectivity index (χ0) is 24.5. The third kappa shape index (κ3) is 5.43. The molecule has 0 spiro atoms. The van der Waals surface area contributed by atoms with Crippen LogP contribution >= 0.6 is 0 Å². The van der Waals surface area contributed by atoms with E-state index in [1.165, 1.54) is 18.6 Å². The summed E-state index contributed by atoms with van der Waals surface area (Å²) in [6.45, 7) is 7.73. The van der Waals surface area contributed by atoms with Gasteiger partial charge in [0.1, 0.15) is 17.4 Å². The quantitative estimate of drug-likeness (QED) is 0.515. The summed E-state index contributed by atoms with van der Waals surface area (Å²) in [5.74, 6) is 1.50. The lowest BCUT2D eigenvalue weighted by Crippen LogP contribution is -2.43. The first-order valence-electron chi connectivity index (χ1n) is 12.9. The van der Waals surface area contributed by atoms with E-state index in [1.54, 1.807) is 4.90 Å². The minimum Gasteiger partial charge on any atom is -0.493 e. The zero-order valence-electron chi connectivity index (χ0n) is 20.5. The Balaban J connectivity index is 1.04. The van der Waals surface area contributed by atoms with Crippen LogP contribution in [0, 0.1) is 29.4 Å². The van der Waals surface area contributed by atoms with E-state index in [4.69, 9.17) is 9.26 Å². The van der Waals surface area contributed by atoms with Crippen molar-refractivity contribution in [1.29, 1.82) is 0 Å². The standard InChI is InChI=1S/C26H34F2N4O3/c1-16(2)25-29-26(35-30-25)32-9-4-17(5-10-32)20-12-18(20)6-11-34-19-13-22(27)21(23(28)14-19)15-24(33)31-7-3-8-31/h13-14,16-18,20H,3-12,15H2,1-2H3. The Morgan fingerprint density at radius 3 is 2.49 bits per heavy atom. The number of piperidine rings is 1. The molecule has 0 radical (unpaired) electrons. The van der Waals surface area contributed by atoms with E-state index < -0.39 is 11.6 Å². The Labute approximate surface area is 204 Å². The van der Waals surface area contributed by atoms with Crippen molar-refractivity contribution < 1.29 is 22.8 Å². The molecule has 5 rings (SSSR count). The van der Waals surface area contributed by atoms with E-state index in [9.17, 15) is 13.6 Å². The van der Waals surface area contributed by atoms with Crippen LogP contribution in [0.3, 0.4) is 0 Å². The zero-order valence-corrected chi connectivity index (χ0v) is 20.5. The average molecular weight is 489 g/mol. The molecule has 1 aromatic heterocycles. The predicted molar refractivity (Wildman–Crippen MR) is 126 cm³/mol. The summed E-state index contributed by atoms with van der Waals surface area (Å²) in [5.41, 5.74) is -0.177. The van der Waals surface area contributed by atoms with Crippen LogP contribution in [0.1, 0.15) is 63.3 Å². The number of carbonyl (C=O) groups excluding carboxylic acids is 1. The molecule has 190 valence electrons. The molecule has 3 aliphatic rings. The summed E-state index contributed by atoms with van der Waals surface area (Å²) in [5, 5.41) is 4.06. The molecule has 35 heavy (non-hydrogen) atoms. The Morgan fingerprint density at radius 1 is 1.17 bits per heavy atom. The van der Waals surface area contributed by atoms with E-state index in [1.807, 2.05) is 0 Å². The van der Waals surface area contributed by atoms with Gasteiger partial charge in [0.25, 0.3) is 0 Å². The van der Waals surface area contributed by atoms with Crippen molar-refractivity contribution in [3.63, 3.8) is 0 Å². The molecule has 0 bridgehead atoms. The summed E-state index contributed by atoms with van der Waals surface area (Å²) in [7, 11) is 0. The number of amides is 1. The van der Waals surface area contributed by atoms with Crippen LogP contribution in [0.5, 0.6) is 5.75 Å². The maximum atomic E-state index is 14.4. The highest BCUT2D eigenvalue weighted by Gasteiger charge is 2.43. The Hall–Kier alpha value is -2.71. The molecular weight excluding hydrogens is 454 g/mol. The van der Waals surface area contributed by atoms with Crippen molar-refractivity contribution in [3.8, 4) is 5.75 Å². The first kappa shape index (κ1) is 24.0. The largest absolute Gasteiger partial charge is 0.493 e. The number of hydrogen-bond acceptors (Lipinski definition) is 6. The summed E-state index contributed by atoms with van der Waals surface area (Å²) in [6.07, 6.45) is 4.98. The summed E-state index contributed by atoms with van der Waals surface area (Å²) in [6, 6.07) is 3.03. The van der Waals surface area contributed by atoms with Gasteiger partial charge in [-0.2, -0.15) is 4.98 Å². The van der Waals surface area contributed by atoms with E-state index in [-0.39, 0.29) is 29.6 Å². The molecule has 1 aliphatic carbocycles. The fourth-order valence-corrected chi connectivity index (χ4v) is 5.28. The monoisotopic (exact) mass is 488 g/mol. The smallest absolute Gasteiger partial charge is 0.324 e. The predicted octanol–water partition coefficient (Wildman–Crippen LogP) is 4.57. The molecule has 2 saturated heterocycles. The normalized spacial score (nSPS) is 22.4. The lowest BCUT2D eigenvalue weighted by atomic mass is 9.90. The highest BCUT2D eigenvalue weighted by Crippen LogP contribution is 2.50. The molecule has 1 amide bonds. The van der Waals surface area contributed by atoms with Gasteiger partial charge < -0.3 is 19.1 Å². The third-order valence-corrected chi connectivity index (χ3v) is 7.75. The first-order valence-corrected chi connectivity index (χ1v) is 12.9. The highest BCUT2D eigenvalue weighted by atomic mass is 19.1. The molecule has 2 unspecified atom stereocenters. The van der Waals surface area contributed by atoms with Crippen molar-refractivity contribution in [2.24, 2.45) is 17.8 Å². The van der Waals surface area contributed by atoms with Crippen molar-refractivity contribution in [1.82, 2.24) is 15.0 Å². The van der Waals surface area contributed by atoms with Crippen molar-refractivity contribution in [2.75, 3.05) is 37.7 Å². The number of aromatic nitrogens is 2. The number of nitrogens with zero attached hydrogens (tertiary/aromatic N) is 4. The van der Waals surface area contributed by atoms with Gasteiger partial charge in [-0.05, 0) is 49.9 Å². The molecule has 2 aliphatic heterocycles. The molecule has 2 atom stereocenters. The molecular formula is C26H34F2N4O3. The van der Waals surface area contributed by atoms with Crippen LogP contribution in [-0.2, 0) is 11.2 Å². The number of likely N-dealkylation sites (tertiary alicyclic amines) is 1. The van der Waals surface area contributed by atoms with Crippen LogP contribution in [0.15, 0.2) is 16.7 Å². The number of anilines is 1. The van der Waals surface area contributed by atoms with Gasteiger partial charge in [-0.1, -0.05) is 19.0 Å². The SMILES string of the molecule is CC(C)c1noc(N2CCC(C3CC3CCOc3cc(F)c(CC(=O)N4CCC4)c(F)c3)CC2)n1. The third-order valence-electron chi connectivity index (χ3n) is 7.75. The molecule has 7 nitrogen and oxygen atoms in total. The van der Waals surface area contributed by atoms with Crippen LogP contribution < -0.4 is 9.64 Å². The van der Waals surface area contributed by atoms with Crippen LogP contribution in [0.2, 0.25) is 0 Å². The Morgan fingerprint density at radius 2 is 1.89 bits per heavy atom. The number of ether oxygens (including phenoxy) is 1. The lowest BCUT2D eigenvalue weighted by molar-refractivity contribution is -0.133. The van der Waals surface area contributed by atoms with Gasteiger partial charge in [0.2, 0.25) is 5.91 Å². The second-order valence-corrected chi connectivity index (χ2v) is 10.5.